The number of halogens is 4. The third-order valence-electron chi connectivity index (χ3n) is 7.31. The maximum atomic E-state index is 13.9. The van der Waals surface area contributed by atoms with E-state index < -0.39 is 17.8 Å². The standard InChI is InChI=1S/C29H28ClF3N4O2/c1-36-28(30)23(27(35-36)29(31,32)33)17-37(14-13-20-16-34-24-6-4-3-5-21(20)24)25-11-9-19-15-18(7-10-22(19)25)8-12-26(38)39-2/h3-8,10,12,15-16,25,34H,9,11,13-14,17H2,1-2H3. The van der Waals surface area contributed by atoms with Crippen molar-refractivity contribution in [2.75, 3.05) is 13.7 Å². The van der Waals surface area contributed by atoms with Gasteiger partial charge in [0.15, 0.2) is 5.69 Å². The van der Waals surface area contributed by atoms with Crippen LogP contribution in [0, 0.1) is 0 Å². The highest BCUT2D eigenvalue weighted by molar-refractivity contribution is 6.30. The van der Waals surface area contributed by atoms with Crippen LogP contribution in [0.5, 0.6) is 0 Å². The molecule has 2 heterocycles. The molecule has 1 aliphatic rings. The molecule has 10 heteroatoms. The lowest BCUT2D eigenvalue weighted by Crippen LogP contribution is -2.30. The normalized spacial score (nSPS) is 15.5. The van der Waals surface area contributed by atoms with Crippen molar-refractivity contribution in [3.05, 3.63) is 93.4 Å². The summed E-state index contributed by atoms with van der Waals surface area (Å²) in [5, 5.41) is 4.78. The van der Waals surface area contributed by atoms with Crippen molar-refractivity contribution in [1.29, 1.82) is 0 Å². The first-order valence-electron chi connectivity index (χ1n) is 12.6. The van der Waals surface area contributed by atoms with E-state index in [0.29, 0.717) is 13.0 Å². The van der Waals surface area contributed by atoms with E-state index in [0.717, 1.165) is 50.7 Å². The van der Waals surface area contributed by atoms with Gasteiger partial charge in [-0.1, -0.05) is 48.0 Å². The van der Waals surface area contributed by atoms with Gasteiger partial charge in [0, 0.05) is 54.9 Å². The number of nitrogens with zero attached hydrogens (tertiary/aromatic N) is 3. The smallest absolute Gasteiger partial charge is 0.435 e. The maximum absolute atomic E-state index is 13.9. The molecule has 4 aromatic rings. The van der Waals surface area contributed by atoms with Crippen LogP contribution in [0.4, 0.5) is 13.2 Å². The Balaban J connectivity index is 1.47. The second kappa shape index (κ2) is 10.9. The molecule has 0 fully saturated rings. The van der Waals surface area contributed by atoms with E-state index in [9.17, 15) is 18.0 Å². The zero-order valence-electron chi connectivity index (χ0n) is 21.6. The molecule has 2 aromatic heterocycles. The van der Waals surface area contributed by atoms with Gasteiger partial charge in [0.25, 0.3) is 0 Å². The fourth-order valence-electron chi connectivity index (χ4n) is 5.40. The van der Waals surface area contributed by atoms with Crippen molar-refractivity contribution in [3.8, 4) is 0 Å². The Morgan fingerprint density at radius 1 is 1.28 bits per heavy atom. The molecule has 0 bridgehead atoms. The molecule has 1 unspecified atom stereocenters. The van der Waals surface area contributed by atoms with E-state index in [1.165, 1.54) is 20.2 Å². The highest BCUT2D eigenvalue weighted by Gasteiger charge is 2.40. The van der Waals surface area contributed by atoms with Crippen LogP contribution in [0.1, 0.15) is 46.0 Å². The minimum atomic E-state index is -4.61. The number of aryl methyl sites for hydroxylation is 2. The molecule has 0 amide bonds. The Labute approximate surface area is 229 Å². The number of carbonyl (C=O) groups is 1. The lowest BCUT2D eigenvalue weighted by molar-refractivity contribution is -0.142. The summed E-state index contributed by atoms with van der Waals surface area (Å²) in [6.07, 6.45) is 2.59. The van der Waals surface area contributed by atoms with Gasteiger partial charge in [-0.25, -0.2) is 4.79 Å². The summed E-state index contributed by atoms with van der Waals surface area (Å²) in [4.78, 5) is 16.9. The Hall–Kier alpha value is -3.56. The van der Waals surface area contributed by atoms with Crippen LogP contribution < -0.4 is 0 Å². The molecule has 0 radical (unpaired) electrons. The van der Waals surface area contributed by atoms with Gasteiger partial charge in [0.1, 0.15) is 5.15 Å². The van der Waals surface area contributed by atoms with Crippen LogP contribution in [-0.4, -0.2) is 39.3 Å². The number of hydrogen-bond acceptors (Lipinski definition) is 4. The summed E-state index contributed by atoms with van der Waals surface area (Å²) in [5.74, 6) is -0.439. The van der Waals surface area contributed by atoms with Crippen molar-refractivity contribution in [2.24, 2.45) is 7.05 Å². The minimum Gasteiger partial charge on any atom is -0.466 e. The number of carbonyl (C=O) groups excluding carboxylic acids is 1. The Morgan fingerprint density at radius 3 is 2.85 bits per heavy atom. The van der Waals surface area contributed by atoms with E-state index in [2.05, 4.69) is 19.7 Å². The Kier molecular flexibility index (Phi) is 7.55. The summed E-state index contributed by atoms with van der Waals surface area (Å²) < 4.78 is 47.4. The van der Waals surface area contributed by atoms with Gasteiger partial charge >= 0.3 is 12.1 Å². The lowest BCUT2D eigenvalue weighted by Gasteiger charge is -2.30. The molecule has 204 valence electrons. The molecule has 1 aliphatic carbocycles. The van der Waals surface area contributed by atoms with Gasteiger partial charge in [-0.05, 0) is 53.7 Å². The number of fused-ring (bicyclic) bond motifs is 2. The van der Waals surface area contributed by atoms with Crippen LogP contribution in [0.25, 0.3) is 17.0 Å². The summed E-state index contributed by atoms with van der Waals surface area (Å²) >= 11 is 6.37. The number of H-pyrrole nitrogens is 1. The second-order valence-corrected chi connectivity index (χ2v) is 10.0. The number of para-hydroxylation sites is 1. The van der Waals surface area contributed by atoms with Crippen LogP contribution in [0.2, 0.25) is 5.15 Å². The van der Waals surface area contributed by atoms with Gasteiger partial charge in [-0.15, -0.1) is 0 Å². The zero-order chi connectivity index (χ0) is 27.7. The number of rotatable bonds is 8. The number of nitrogens with one attached hydrogen (secondary N) is 1. The number of aromatic nitrogens is 3. The fraction of sp³-hybridized carbons (Fsp3) is 0.310. The number of ether oxygens (including phenoxy) is 1. The summed E-state index contributed by atoms with van der Waals surface area (Å²) in [7, 11) is 2.75. The van der Waals surface area contributed by atoms with Gasteiger partial charge in [0.2, 0.25) is 0 Å². The van der Waals surface area contributed by atoms with Crippen LogP contribution in [-0.2, 0) is 42.1 Å². The van der Waals surface area contributed by atoms with Crippen molar-refractivity contribution >= 4 is 34.5 Å². The predicted molar refractivity (Wildman–Crippen MR) is 144 cm³/mol. The molecule has 39 heavy (non-hydrogen) atoms. The first-order valence-corrected chi connectivity index (χ1v) is 13.0. The topological polar surface area (TPSA) is 63.1 Å². The molecule has 1 atom stereocenters. The fourth-order valence-corrected chi connectivity index (χ4v) is 5.58. The van der Waals surface area contributed by atoms with Crippen LogP contribution in [0.15, 0.2) is 54.7 Å². The average molecular weight is 557 g/mol. The molecule has 1 N–H and O–H groups in total. The molecule has 5 rings (SSSR count). The van der Waals surface area contributed by atoms with E-state index in [1.54, 1.807) is 6.08 Å². The van der Waals surface area contributed by atoms with Gasteiger partial charge in [-0.2, -0.15) is 18.3 Å². The van der Waals surface area contributed by atoms with Crippen molar-refractivity contribution in [1.82, 2.24) is 19.7 Å². The minimum absolute atomic E-state index is 0.0119. The number of methoxy groups -OCH3 is 1. The predicted octanol–water partition coefficient (Wildman–Crippen LogP) is 6.49. The highest BCUT2D eigenvalue weighted by Crippen LogP contribution is 2.40. The molecule has 0 saturated heterocycles. The summed E-state index contributed by atoms with van der Waals surface area (Å²) in [6.45, 7) is 0.538. The number of hydrogen-bond donors (Lipinski definition) is 1. The van der Waals surface area contributed by atoms with E-state index in [4.69, 9.17) is 11.6 Å². The molecule has 0 aliphatic heterocycles. The number of aromatic amines is 1. The van der Waals surface area contributed by atoms with Crippen molar-refractivity contribution in [3.63, 3.8) is 0 Å². The number of benzene rings is 2. The van der Waals surface area contributed by atoms with Crippen LogP contribution >= 0.6 is 11.6 Å². The number of esters is 1. The number of alkyl halides is 3. The largest absolute Gasteiger partial charge is 0.466 e. The maximum Gasteiger partial charge on any atom is 0.435 e. The summed E-state index contributed by atoms with van der Waals surface area (Å²) in [5.41, 5.74) is 4.19. The third kappa shape index (κ3) is 5.60. The van der Waals surface area contributed by atoms with Crippen molar-refractivity contribution in [2.45, 2.75) is 38.0 Å². The Bertz CT molecular complexity index is 1540. The van der Waals surface area contributed by atoms with E-state index in [1.807, 2.05) is 48.7 Å². The van der Waals surface area contributed by atoms with Gasteiger partial charge in [0.05, 0.1) is 7.11 Å². The molecule has 0 spiro atoms. The zero-order valence-corrected chi connectivity index (χ0v) is 22.3. The highest BCUT2D eigenvalue weighted by atomic mass is 35.5. The van der Waals surface area contributed by atoms with E-state index >= 15 is 0 Å². The first kappa shape index (κ1) is 27.0. The lowest BCUT2D eigenvalue weighted by atomic mass is 10.0. The molecule has 6 nitrogen and oxygen atoms in total. The monoisotopic (exact) mass is 556 g/mol. The van der Waals surface area contributed by atoms with Crippen LogP contribution in [0.3, 0.4) is 0 Å². The second-order valence-electron chi connectivity index (χ2n) is 9.69. The SMILES string of the molecule is COC(=O)C=Cc1ccc2c(c1)CCC2N(CCc1c[nH]c2ccccc12)Cc1c(C(F)(F)F)nn(C)c1Cl. The van der Waals surface area contributed by atoms with Gasteiger partial charge in [-0.3, -0.25) is 9.58 Å². The average Bonchev–Trinajstić information content (AvgIpc) is 3.61. The molecular weight excluding hydrogens is 529 g/mol. The first-order chi connectivity index (χ1) is 18.7. The summed E-state index contributed by atoms with van der Waals surface area (Å²) in [6, 6.07) is 13.8. The van der Waals surface area contributed by atoms with Gasteiger partial charge < -0.3 is 9.72 Å². The molecule has 0 saturated carbocycles. The van der Waals surface area contributed by atoms with Crippen molar-refractivity contribution < 1.29 is 22.7 Å². The Morgan fingerprint density at radius 2 is 2.08 bits per heavy atom. The third-order valence-corrected chi connectivity index (χ3v) is 7.78. The quantitative estimate of drug-likeness (QED) is 0.199. The molecular formula is C29H28ClF3N4O2. The van der Waals surface area contributed by atoms with E-state index in [-0.39, 0.29) is 23.3 Å². The molecule has 2 aromatic carbocycles.